The van der Waals surface area contributed by atoms with E-state index in [1.54, 1.807) is 19.0 Å². The van der Waals surface area contributed by atoms with Gasteiger partial charge in [-0.15, -0.1) is 0 Å². The Morgan fingerprint density at radius 3 is 1.41 bits per heavy atom. The normalized spacial score (nSPS) is 28.3. The molecule has 12 amide bonds. The minimum atomic E-state index is -3.03. The molecule has 5 rings (SSSR count). The molecule has 3 heterocycles. The zero-order chi connectivity index (χ0) is 79.2. The number of carbonyl (C=O) groups excluding carboxylic acids is 12. The van der Waals surface area contributed by atoms with Gasteiger partial charge in [0.15, 0.2) is 0 Å². The predicted octanol–water partition coefficient (Wildman–Crippen LogP) is 6.19. The Morgan fingerprint density at radius 2 is 0.906 bits per heavy atom. The van der Waals surface area contributed by atoms with Crippen molar-refractivity contribution in [2.24, 2.45) is 35.5 Å². The van der Waals surface area contributed by atoms with E-state index < -0.39 is 156 Å². The van der Waals surface area contributed by atoms with Crippen LogP contribution in [0, 0.1) is 35.5 Å². The van der Waals surface area contributed by atoms with E-state index >= 15 is 33.6 Å². The van der Waals surface area contributed by atoms with Crippen molar-refractivity contribution in [2.45, 2.75) is 302 Å². The first-order chi connectivity index (χ1) is 49.7. The first kappa shape index (κ1) is 90.0. The number of aliphatic hydroxyl groups excluding tert-OH is 1. The molecule has 26 nitrogen and oxygen atoms in total. The molecule has 0 bridgehead atoms. The fraction of sp³-hybridized carbons (Fsp3) is 0.846. The highest BCUT2D eigenvalue weighted by Crippen LogP contribution is 2.34. The monoisotopic (exact) mass is 1500 g/mol. The van der Waals surface area contributed by atoms with Gasteiger partial charge in [0.1, 0.15) is 60.4 Å². The number of nitrogens with one attached hydrogen (secondary N) is 4. The summed E-state index contributed by atoms with van der Waals surface area (Å²) in [5.41, 5.74) is 0. The molecule has 0 radical (unpaired) electrons. The zero-order valence-electron chi connectivity index (χ0n) is 67.4. The summed E-state index contributed by atoms with van der Waals surface area (Å²) in [6.07, 6.45) is 9.71. The SMILES string of the molecule is CC(C)C[C@@H]1NC(=O)[C@H](CC2CCCCC2)N(C)C(=O)[C@H](CC2CCCCC2)N(C)C(=O)[C@H](CC(C)C)NC(=O)[C@H](CC(C)C)N(C)C(=O)CCCN(C)C(=O)C[C@@H](C(=O)N2CCCCC2)NC(=O)[C@H](C)N(C)C(=O)[C@H](CCN2CCCC(F)(F)C2)N(C)C(=O)[C@H]([C@@H](C)O)NC(=O)[C@H](CC(C)C)N(C)C1=O. The van der Waals surface area contributed by atoms with E-state index in [4.69, 9.17) is 0 Å². The van der Waals surface area contributed by atoms with Gasteiger partial charge in [0.2, 0.25) is 70.9 Å². The molecule has 28 heteroatoms. The van der Waals surface area contributed by atoms with Crippen LogP contribution in [-0.2, 0) is 57.5 Å². The average molecular weight is 1500 g/mol. The Hall–Kier alpha value is -6.58. The number of likely N-dealkylation sites (N-methyl/N-ethyl adjacent to an activating group) is 6. The second kappa shape index (κ2) is 42.4. The third-order valence-electron chi connectivity index (χ3n) is 22.7. The molecule has 0 aromatic rings. The molecule has 3 saturated heterocycles. The summed E-state index contributed by atoms with van der Waals surface area (Å²) in [5, 5.41) is 23.0. The van der Waals surface area contributed by atoms with Gasteiger partial charge in [-0.1, -0.05) is 120 Å². The molecular weight excluding hydrogens is 1360 g/mol. The summed E-state index contributed by atoms with van der Waals surface area (Å²) in [6, 6.07) is -13.1. The van der Waals surface area contributed by atoms with Crippen molar-refractivity contribution in [2.75, 3.05) is 88.6 Å². The van der Waals surface area contributed by atoms with Gasteiger partial charge in [0.25, 0.3) is 5.92 Å². The highest BCUT2D eigenvalue weighted by Gasteiger charge is 2.46. The van der Waals surface area contributed by atoms with Gasteiger partial charge in [-0.3, -0.25) is 62.4 Å². The van der Waals surface area contributed by atoms with E-state index in [0.717, 1.165) is 80.4 Å². The maximum absolute atomic E-state index is 15.8. The van der Waals surface area contributed by atoms with Crippen molar-refractivity contribution in [1.29, 1.82) is 0 Å². The molecule has 5 aliphatic rings. The highest BCUT2D eigenvalue weighted by molar-refractivity contribution is 5.99. The summed E-state index contributed by atoms with van der Waals surface area (Å²) in [5.74, 6) is -11.5. The van der Waals surface area contributed by atoms with Crippen LogP contribution in [0.1, 0.15) is 230 Å². The zero-order valence-corrected chi connectivity index (χ0v) is 67.4. The molecule has 604 valence electrons. The van der Waals surface area contributed by atoms with E-state index in [1.807, 2.05) is 55.4 Å². The van der Waals surface area contributed by atoms with E-state index in [0.29, 0.717) is 25.9 Å². The number of carbonyl (C=O) groups is 12. The van der Waals surface area contributed by atoms with Crippen molar-refractivity contribution < 1.29 is 71.4 Å². The van der Waals surface area contributed by atoms with Gasteiger partial charge in [-0.05, 0) is 133 Å². The smallest absolute Gasteiger partial charge is 0.260 e. The van der Waals surface area contributed by atoms with Gasteiger partial charge < -0.3 is 65.6 Å². The summed E-state index contributed by atoms with van der Waals surface area (Å²) in [6.45, 7) is 18.0. The fourth-order valence-corrected chi connectivity index (χ4v) is 16.0. The number of halogens is 2. The lowest BCUT2D eigenvalue weighted by Crippen LogP contribution is -2.62. The Labute approximate surface area is 631 Å². The van der Waals surface area contributed by atoms with Crippen LogP contribution in [0.2, 0.25) is 0 Å². The van der Waals surface area contributed by atoms with E-state index in [2.05, 4.69) is 21.3 Å². The number of aliphatic hydroxyl groups is 1. The fourth-order valence-electron chi connectivity index (χ4n) is 16.0. The maximum Gasteiger partial charge on any atom is 0.260 e. The van der Waals surface area contributed by atoms with Gasteiger partial charge in [0, 0.05) is 88.4 Å². The minimum absolute atomic E-state index is 0.0258. The predicted molar refractivity (Wildman–Crippen MR) is 402 cm³/mol. The molecule has 0 aromatic heterocycles. The third kappa shape index (κ3) is 26.6. The highest BCUT2D eigenvalue weighted by atomic mass is 19.3. The first-order valence-corrected chi connectivity index (χ1v) is 39.9. The molecular formula is C78H135F2N13O13. The van der Waals surface area contributed by atoms with Crippen molar-refractivity contribution in [1.82, 2.24) is 65.4 Å². The number of amides is 12. The Bertz CT molecular complexity index is 2940. The van der Waals surface area contributed by atoms with E-state index in [-0.39, 0.29) is 126 Å². The summed E-state index contributed by atoms with van der Waals surface area (Å²) >= 11 is 0. The summed E-state index contributed by atoms with van der Waals surface area (Å²) in [7, 11) is 10.2. The molecule has 106 heavy (non-hydrogen) atoms. The number of hydrogen-bond donors (Lipinski definition) is 5. The molecule has 2 aliphatic carbocycles. The van der Waals surface area contributed by atoms with Crippen LogP contribution in [0.25, 0.3) is 0 Å². The van der Waals surface area contributed by atoms with E-state index in [9.17, 15) is 37.9 Å². The largest absolute Gasteiger partial charge is 0.391 e. The van der Waals surface area contributed by atoms with Gasteiger partial charge >= 0.3 is 0 Å². The minimum Gasteiger partial charge on any atom is -0.391 e. The molecule has 5 N–H and O–H groups in total. The van der Waals surface area contributed by atoms with Crippen LogP contribution < -0.4 is 21.3 Å². The van der Waals surface area contributed by atoms with E-state index in [1.165, 1.54) is 78.5 Å². The van der Waals surface area contributed by atoms with Gasteiger partial charge in [0.05, 0.1) is 19.1 Å². The number of rotatable bonds is 17. The lowest BCUT2D eigenvalue weighted by Gasteiger charge is -2.40. The van der Waals surface area contributed by atoms with Crippen LogP contribution in [0.5, 0.6) is 0 Å². The summed E-state index contributed by atoms with van der Waals surface area (Å²) in [4.78, 5) is 192. The van der Waals surface area contributed by atoms with Crippen molar-refractivity contribution in [3.05, 3.63) is 0 Å². The van der Waals surface area contributed by atoms with Crippen LogP contribution in [-0.4, -0.2) is 281 Å². The van der Waals surface area contributed by atoms with Crippen LogP contribution in [0.15, 0.2) is 0 Å². The standard InChI is InChI=1S/C78H135F2N13O13/c1-49(2)41-57-72(101)89(15)62(44-52(7)8)71(100)84-67(54(10)94)77(106)88(14)60(34-40-92-37-28-35-78(79,80)48-92)75(104)86(12)53(9)68(97)81-59(74(103)93-38-25-20-26-39-93)47-66(96)85(11)36-27-33-65(95)87(13)61(43-51(5)6)69(98)82-58(42-50(3)4)73(102)91(17)64(46-56-31-23-19-24-32-56)76(105)90(16)63(70(99)83-57)45-55-29-21-18-22-30-55/h49-64,67,94H,18-48H2,1-17H3,(H,81,97)(H,82,98)(H,83,99)(H,84,100)/t53-,54+,57-,58-,59-,60-,61-,62-,63-,64-,67-/m0/s1. The number of alkyl halides is 2. The van der Waals surface area contributed by atoms with Gasteiger partial charge in [-0.25, -0.2) is 8.78 Å². The van der Waals surface area contributed by atoms with Crippen molar-refractivity contribution >= 4 is 70.9 Å². The molecule has 0 unspecified atom stereocenters. The molecule has 11 atom stereocenters. The van der Waals surface area contributed by atoms with Crippen molar-refractivity contribution in [3.8, 4) is 0 Å². The molecule has 0 aromatic carbocycles. The second-order valence-corrected chi connectivity index (χ2v) is 33.4. The maximum atomic E-state index is 15.8. The average Bonchev–Trinajstić information content (AvgIpc) is 0.813. The Morgan fingerprint density at radius 1 is 0.462 bits per heavy atom. The lowest BCUT2D eigenvalue weighted by atomic mass is 9.83. The van der Waals surface area contributed by atoms with Crippen molar-refractivity contribution in [3.63, 3.8) is 0 Å². The number of nitrogens with zero attached hydrogens (tertiary/aromatic N) is 9. The third-order valence-corrected chi connectivity index (χ3v) is 22.7. The molecule has 5 fully saturated rings. The molecule has 0 spiro atoms. The molecule has 2 saturated carbocycles. The quantitative estimate of drug-likeness (QED) is 0.109. The topological polar surface area (TPSA) is 302 Å². The second-order valence-electron chi connectivity index (χ2n) is 33.4. The number of hydrogen-bond acceptors (Lipinski definition) is 14. The number of piperidine rings is 2. The molecule has 3 aliphatic heterocycles. The van der Waals surface area contributed by atoms with Crippen LogP contribution in [0.3, 0.4) is 0 Å². The number of likely N-dealkylation sites (tertiary alicyclic amines) is 2. The lowest BCUT2D eigenvalue weighted by molar-refractivity contribution is -0.152. The Kier molecular flexibility index (Phi) is 36.0. The van der Waals surface area contributed by atoms with Crippen LogP contribution >= 0.6 is 0 Å². The first-order valence-electron chi connectivity index (χ1n) is 39.9. The Balaban J connectivity index is 1.65. The summed E-state index contributed by atoms with van der Waals surface area (Å²) < 4.78 is 29.9. The van der Waals surface area contributed by atoms with Gasteiger partial charge in [-0.2, -0.15) is 0 Å². The van der Waals surface area contributed by atoms with Crippen LogP contribution in [0.4, 0.5) is 8.78 Å².